The number of carbonyl (C=O) groups excluding carboxylic acids is 2. The number of ether oxygens (including phenoxy) is 2. The molecule has 1 fully saturated rings. The van der Waals surface area contributed by atoms with Gasteiger partial charge in [-0.05, 0) is 12.8 Å². The summed E-state index contributed by atoms with van der Waals surface area (Å²) in [7, 11) is 1.25. The van der Waals surface area contributed by atoms with E-state index in [4.69, 9.17) is 16.3 Å². The number of amides is 1. The van der Waals surface area contributed by atoms with Crippen LogP contribution in [0.25, 0.3) is 0 Å². The molecule has 6 heteroatoms. The highest BCUT2D eigenvalue weighted by molar-refractivity contribution is 6.30. The van der Waals surface area contributed by atoms with Crippen LogP contribution in [0.3, 0.4) is 0 Å². The van der Waals surface area contributed by atoms with Crippen molar-refractivity contribution in [1.82, 2.24) is 5.32 Å². The second kappa shape index (κ2) is 5.92. The van der Waals surface area contributed by atoms with Crippen LogP contribution in [0, 0.1) is 0 Å². The second-order valence-electron chi connectivity index (χ2n) is 3.24. The van der Waals surface area contributed by atoms with Crippen LogP contribution in [-0.4, -0.2) is 43.6 Å². The molecule has 0 saturated carbocycles. The minimum atomic E-state index is -0.847. The Labute approximate surface area is 93.1 Å². The lowest BCUT2D eigenvalue weighted by Crippen LogP contribution is -2.39. The van der Waals surface area contributed by atoms with Gasteiger partial charge in [-0.1, -0.05) is 0 Å². The second-order valence-corrected chi connectivity index (χ2v) is 3.76. The van der Waals surface area contributed by atoms with Gasteiger partial charge in [0.25, 0.3) is 0 Å². The zero-order valence-electron chi connectivity index (χ0n) is 8.49. The predicted octanol–water partition coefficient (Wildman–Crippen LogP) is 0.0620. The first kappa shape index (κ1) is 12.3. The smallest absolute Gasteiger partial charge is 0.325 e. The number of nitrogens with one attached hydrogen (secondary N) is 1. The van der Waals surface area contributed by atoms with Gasteiger partial charge in [0, 0.05) is 13.2 Å². The Morgan fingerprint density at radius 1 is 1.67 bits per heavy atom. The van der Waals surface area contributed by atoms with Crippen molar-refractivity contribution < 1.29 is 19.1 Å². The number of esters is 1. The number of rotatable bonds is 4. The average Bonchev–Trinajstić information content (AvgIpc) is 2.77. The monoisotopic (exact) mass is 235 g/mol. The van der Waals surface area contributed by atoms with E-state index in [1.54, 1.807) is 0 Å². The van der Waals surface area contributed by atoms with Crippen molar-refractivity contribution in [2.75, 3.05) is 20.3 Å². The summed E-state index contributed by atoms with van der Waals surface area (Å²) in [6.07, 6.45) is 1.21. The molecular formula is C9H14ClNO4. The fourth-order valence-electron chi connectivity index (χ4n) is 1.30. The number of halogens is 1. The molecule has 1 N–H and O–H groups in total. The first-order valence-corrected chi connectivity index (χ1v) is 5.20. The van der Waals surface area contributed by atoms with Crippen molar-refractivity contribution >= 4 is 23.5 Å². The van der Waals surface area contributed by atoms with Gasteiger partial charge in [-0.15, -0.1) is 11.6 Å². The summed E-state index contributed by atoms with van der Waals surface area (Å²) in [5, 5.41) is 1.70. The van der Waals surface area contributed by atoms with E-state index in [1.807, 2.05) is 0 Å². The van der Waals surface area contributed by atoms with Gasteiger partial charge in [0.2, 0.25) is 5.91 Å². The highest BCUT2D eigenvalue weighted by Gasteiger charge is 2.25. The summed E-state index contributed by atoms with van der Waals surface area (Å²) in [6, 6.07) is 0. The maximum absolute atomic E-state index is 11.4. The molecule has 15 heavy (non-hydrogen) atoms. The molecule has 0 aromatic rings. The summed E-state index contributed by atoms with van der Waals surface area (Å²) in [6.45, 7) is 0.673. The Bertz CT molecular complexity index is 240. The molecule has 2 atom stereocenters. The number of carbonyl (C=O) groups is 2. The van der Waals surface area contributed by atoms with E-state index >= 15 is 0 Å². The van der Waals surface area contributed by atoms with Crippen molar-refractivity contribution in [2.45, 2.75) is 24.3 Å². The molecule has 5 nitrogen and oxygen atoms in total. The van der Waals surface area contributed by atoms with Gasteiger partial charge < -0.3 is 14.8 Å². The lowest BCUT2D eigenvalue weighted by atomic mass is 10.2. The van der Waals surface area contributed by atoms with Gasteiger partial charge in [0.1, 0.15) is 11.5 Å². The Hall–Kier alpha value is -0.810. The van der Waals surface area contributed by atoms with Crippen molar-refractivity contribution in [3.8, 4) is 0 Å². The van der Waals surface area contributed by atoms with E-state index in [0.717, 1.165) is 12.8 Å². The van der Waals surface area contributed by atoms with Crippen LogP contribution in [0.5, 0.6) is 0 Å². The molecule has 1 saturated heterocycles. The van der Waals surface area contributed by atoms with Crippen LogP contribution in [0.1, 0.15) is 12.8 Å². The van der Waals surface area contributed by atoms with E-state index in [0.29, 0.717) is 6.61 Å². The lowest BCUT2D eigenvalue weighted by molar-refractivity contribution is -0.140. The number of methoxy groups -OCH3 is 1. The molecule has 86 valence electrons. The summed E-state index contributed by atoms with van der Waals surface area (Å²) in [5.41, 5.74) is 0. The number of hydrogen-bond donors (Lipinski definition) is 1. The minimum absolute atomic E-state index is 0.0624. The predicted molar refractivity (Wildman–Crippen MR) is 53.6 cm³/mol. The molecule has 2 unspecified atom stereocenters. The molecule has 1 rings (SSSR count). The average molecular weight is 236 g/mol. The normalized spacial score (nSPS) is 22.1. The van der Waals surface area contributed by atoms with Crippen LogP contribution >= 0.6 is 11.6 Å². The van der Waals surface area contributed by atoms with Crippen molar-refractivity contribution in [3.05, 3.63) is 0 Å². The van der Waals surface area contributed by atoms with E-state index in [9.17, 15) is 9.59 Å². The van der Waals surface area contributed by atoms with E-state index < -0.39 is 17.5 Å². The van der Waals surface area contributed by atoms with Crippen LogP contribution in [-0.2, 0) is 19.1 Å². The fourth-order valence-corrected chi connectivity index (χ4v) is 1.47. The van der Waals surface area contributed by atoms with Crippen LogP contribution in [0.4, 0.5) is 0 Å². The number of hydrogen-bond acceptors (Lipinski definition) is 4. The molecule has 1 aliphatic heterocycles. The van der Waals surface area contributed by atoms with E-state index in [-0.39, 0.29) is 12.5 Å². The molecule has 1 amide bonds. The molecular weight excluding hydrogens is 222 g/mol. The van der Waals surface area contributed by atoms with Gasteiger partial charge in [-0.25, -0.2) is 0 Å². The Morgan fingerprint density at radius 2 is 2.40 bits per heavy atom. The minimum Gasteiger partial charge on any atom is -0.468 e. The third kappa shape index (κ3) is 3.68. The van der Waals surface area contributed by atoms with E-state index in [1.165, 1.54) is 7.11 Å². The fraction of sp³-hybridized carbons (Fsp3) is 0.778. The standard InChI is InChI=1S/C9H14ClNO4/c1-14-9(13)6(10)5-11-8(12)7-3-2-4-15-7/h6-7H,2-5H2,1H3,(H,11,12). The first-order chi connectivity index (χ1) is 7.15. The molecule has 1 heterocycles. The topological polar surface area (TPSA) is 64.6 Å². The van der Waals surface area contributed by atoms with Crippen molar-refractivity contribution in [2.24, 2.45) is 0 Å². The zero-order valence-corrected chi connectivity index (χ0v) is 9.25. The molecule has 0 aliphatic carbocycles. The molecule has 0 aromatic heterocycles. The highest BCUT2D eigenvalue weighted by atomic mass is 35.5. The Kier molecular flexibility index (Phi) is 4.84. The summed E-state index contributed by atoms with van der Waals surface area (Å²) in [4.78, 5) is 22.3. The largest absolute Gasteiger partial charge is 0.468 e. The summed E-state index contributed by atoms with van der Waals surface area (Å²) in [5.74, 6) is -0.772. The maximum atomic E-state index is 11.4. The van der Waals surface area contributed by atoms with Gasteiger partial charge >= 0.3 is 5.97 Å². The van der Waals surface area contributed by atoms with Gasteiger partial charge in [-0.3, -0.25) is 9.59 Å². The van der Waals surface area contributed by atoms with Crippen LogP contribution < -0.4 is 5.32 Å². The van der Waals surface area contributed by atoms with Crippen molar-refractivity contribution in [1.29, 1.82) is 0 Å². The van der Waals surface area contributed by atoms with Gasteiger partial charge in [0.05, 0.1) is 7.11 Å². The Morgan fingerprint density at radius 3 is 2.93 bits per heavy atom. The lowest BCUT2D eigenvalue weighted by Gasteiger charge is -2.12. The van der Waals surface area contributed by atoms with Gasteiger partial charge in [-0.2, -0.15) is 0 Å². The molecule has 0 bridgehead atoms. The number of alkyl halides is 1. The third-order valence-electron chi connectivity index (χ3n) is 2.13. The third-order valence-corrected chi connectivity index (χ3v) is 2.47. The van der Waals surface area contributed by atoms with Crippen LogP contribution in [0.2, 0.25) is 0 Å². The first-order valence-electron chi connectivity index (χ1n) is 4.76. The maximum Gasteiger partial charge on any atom is 0.325 e. The Balaban J connectivity index is 2.24. The SMILES string of the molecule is COC(=O)C(Cl)CNC(=O)C1CCCO1. The van der Waals surface area contributed by atoms with Crippen LogP contribution in [0.15, 0.2) is 0 Å². The molecule has 0 radical (unpaired) electrons. The molecule has 1 aliphatic rings. The quantitative estimate of drug-likeness (QED) is 0.553. The zero-order chi connectivity index (χ0) is 11.3. The summed E-state index contributed by atoms with van der Waals surface area (Å²) >= 11 is 5.65. The highest BCUT2D eigenvalue weighted by Crippen LogP contribution is 2.11. The molecule has 0 spiro atoms. The molecule has 0 aromatic carbocycles. The summed E-state index contributed by atoms with van der Waals surface area (Å²) < 4.78 is 9.58. The van der Waals surface area contributed by atoms with Gasteiger partial charge in [0.15, 0.2) is 0 Å². The van der Waals surface area contributed by atoms with E-state index in [2.05, 4.69) is 10.1 Å². The van der Waals surface area contributed by atoms with Crippen molar-refractivity contribution in [3.63, 3.8) is 0 Å².